The summed E-state index contributed by atoms with van der Waals surface area (Å²) in [6, 6.07) is -0.636. The van der Waals surface area contributed by atoms with Crippen molar-refractivity contribution in [3.63, 3.8) is 0 Å². The molecule has 0 aliphatic heterocycles. The lowest BCUT2D eigenvalue weighted by molar-refractivity contribution is -0.146. The second-order valence-electron chi connectivity index (χ2n) is 2.47. The average molecular weight is 195 g/mol. The Morgan fingerprint density at radius 1 is 1.54 bits per heavy atom. The lowest BCUT2D eigenvalue weighted by atomic mass is 10.2. The third-order valence-electron chi connectivity index (χ3n) is 1.45. The maximum Gasteiger partial charge on any atom is 0.455 e. The number of halogens is 3. The highest BCUT2D eigenvalue weighted by Crippen LogP contribution is 2.27. The molecule has 0 saturated carbocycles. The summed E-state index contributed by atoms with van der Waals surface area (Å²) < 4.78 is 40.2. The maximum absolute atomic E-state index is 11.9. The standard InChI is InChI=1S/C6H8F3N3O/c1-2-3(10)4-11-5(12-13-4)6(7,8)9/h3H,2,10H2,1H3. The number of nitrogens with two attached hydrogens (primary N) is 1. The molecule has 2 N–H and O–H groups in total. The van der Waals surface area contributed by atoms with Crippen LogP contribution in [0.1, 0.15) is 31.1 Å². The Balaban J connectivity index is 2.87. The van der Waals surface area contributed by atoms with Crippen molar-refractivity contribution in [3.8, 4) is 0 Å². The fourth-order valence-electron chi connectivity index (χ4n) is 0.676. The molecule has 1 unspecified atom stereocenters. The smallest absolute Gasteiger partial charge is 0.337 e. The van der Waals surface area contributed by atoms with Gasteiger partial charge in [-0.1, -0.05) is 12.1 Å². The van der Waals surface area contributed by atoms with E-state index in [0.717, 1.165) is 0 Å². The minimum atomic E-state index is -4.57. The van der Waals surface area contributed by atoms with Gasteiger partial charge in [0.1, 0.15) is 0 Å². The third-order valence-corrected chi connectivity index (χ3v) is 1.45. The lowest BCUT2D eigenvalue weighted by Gasteiger charge is -1.99. The highest BCUT2D eigenvalue weighted by atomic mass is 19.4. The summed E-state index contributed by atoms with van der Waals surface area (Å²) in [4.78, 5) is 3.12. The molecule has 1 rings (SSSR count). The molecule has 0 saturated heterocycles. The summed E-state index contributed by atoms with van der Waals surface area (Å²) in [5.41, 5.74) is 5.39. The first kappa shape index (κ1) is 9.97. The SMILES string of the molecule is CCC(N)c1nc(C(F)(F)F)no1. The molecule has 74 valence electrons. The monoisotopic (exact) mass is 195 g/mol. The fourth-order valence-corrected chi connectivity index (χ4v) is 0.676. The summed E-state index contributed by atoms with van der Waals surface area (Å²) in [6.45, 7) is 1.71. The van der Waals surface area contributed by atoms with E-state index in [4.69, 9.17) is 5.73 Å². The first-order valence-corrected chi connectivity index (χ1v) is 3.61. The quantitative estimate of drug-likeness (QED) is 0.776. The molecule has 1 aromatic rings. The summed E-state index contributed by atoms with van der Waals surface area (Å²) in [5.74, 6) is -1.47. The Labute approximate surface area is 71.9 Å². The first-order chi connectivity index (χ1) is 5.95. The van der Waals surface area contributed by atoms with Crippen LogP contribution in [0.4, 0.5) is 13.2 Å². The molecule has 0 radical (unpaired) electrons. The largest absolute Gasteiger partial charge is 0.455 e. The van der Waals surface area contributed by atoms with Gasteiger partial charge in [-0.3, -0.25) is 0 Å². The summed E-state index contributed by atoms with van der Waals surface area (Å²) >= 11 is 0. The number of hydrogen-bond donors (Lipinski definition) is 1. The van der Waals surface area contributed by atoms with Crippen molar-refractivity contribution in [2.24, 2.45) is 5.73 Å². The minimum absolute atomic E-state index is 0.185. The molecule has 0 amide bonds. The summed E-state index contributed by atoms with van der Waals surface area (Å²) in [5, 5.41) is 2.77. The summed E-state index contributed by atoms with van der Waals surface area (Å²) in [7, 11) is 0. The molecule has 0 aromatic carbocycles. The first-order valence-electron chi connectivity index (χ1n) is 3.61. The van der Waals surface area contributed by atoms with Gasteiger partial charge in [-0.2, -0.15) is 18.2 Å². The van der Waals surface area contributed by atoms with Gasteiger partial charge in [0.05, 0.1) is 6.04 Å². The Morgan fingerprint density at radius 3 is 2.54 bits per heavy atom. The molecule has 1 atom stereocenters. The topological polar surface area (TPSA) is 64.9 Å². The van der Waals surface area contributed by atoms with Crippen molar-refractivity contribution in [1.82, 2.24) is 10.1 Å². The Hall–Kier alpha value is -1.11. The van der Waals surface area contributed by atoms with Crippen LogP contribution >= 0.6 is 0 Å². The van der Waals surface area contributed by atoms with Gasteiger partial charge in [-0.25, -0.2) is 0 Å². The van der Waals surface area contributed by atoms with Crippen LogP contribution in [0, 0.1) is 0 Å². The van der Waals surface area contributed by atoms with Crippen LogP contribution in [0.2, 0.25) is 0 Å². The van der Waals surface area contributed by atoms with Crippen molar-refractivity contribution in [3.05, 3.63) is 11.7 Å². The van der Waals surface area contributed by atoms with Crippen LogP contribution in [-0.4, -0.2) is 10.1 Å². The zero-order chi connectivity index (χ0) is 10.1. The molecule has 0 bridgehead atoms. The number of alkyl halides is 3. The normalized spacial score (nSPS) is 14.5. The van der Waals surface area contributed by atoms with Gasteiger partial charge < -0.3 is 10.3 Å². The predicted octanol–water partition coefficient (Wildman–Crippen LogP) is 1.50. The molecular weight excluding hydrogens is 187 g/mol. The van der Waals surface area contributed by atoms with Crippen molar-refractivity contribution in [2.45, 2.75) is 25.6 Å². The average Bonchev–Trinajstić information content (AvgIpc) is 2.50. The zero-order valence-corrected chi connectivity index (χ0v) is 6.80. The molecule has 0 aliphatic carbocycles. The van der Waals surface area contributed by atoms with Crippen LogP contribution in [0.15, 0.2) is 4.52 Å². The van der Waals surface area contributed by atoms with E-state index in [-0.39, 0.29) is 5.89 Å². The van der Waals surface area contributed by atoms with E-state index in [1.165, 1.54) is 0 Å². The van der Waals surface area contributed by atoms with Gasteiger partial charge in [0.2, 0.25) is 5.89 Å². The van der Waals surface area contributed by atoms with Gasteiger partial charge >= 0.3 is 6.18 Å². The van der Waals surface area contributed by atoms with E-state index in [0.29, 0.717) is 6.42 Å². The van der Waals surface area contributed by atoms with Crippen molar-refractivity contribution in [2.75, 3.05) is 0 Å². The third kappa shape index (κ3) is 2.18. The molecule has 0 fully saturated rings. The Bertz CT molecular complexity index is 283. The predicted molar refractivity (Wildman–Crippen MR) is 36.5 cm³/mol. The van der Waals surface area contributed by atoms with E-state index < -0.39 is 18.0 Å². The van der Waals surface area contributed by atoms with E-state index in [2.05, 4.69) is 14.7 Å². The van der Waals surface area contributed by atoms with Gasteiger partial charge in [0.15, 0.2) is 0 Å². The fraction of sp³-hybridized carbons (Fsp3) is 0.667. The van der Waals surface area contributed by atoms with Crippen molar-refractivity contribution >= 4 is 0 Å². The zero-order valence-electron chi connectivity index (χ0n) is 6.80. The molecule has 0 spiro atoms. The van der Waals surface area contributed by atoms with Gasteiger partial charge in [0, 0.05) is 0 Å². The summed E-state index contributed by atoms with van der Waals surface area (Å²) in [6.07, 6.45) is -4.13. The van der Waals surface area contributed by atoms with Crippen LogP contribution in [0.25, 0.3) is 0 Å². The van der Waals surface area contributed by atoms with Crippen molar-refractivity contribution in [1.29, 1.82) is 0 Å². The second kappa shape index (κ2) is 3.33. The molecule has 1 aromatic heterocycles. The molecule has 1 heterocycles. The molecular formula is C6H8F3N3O. The Kier molecular flexibility index (Phi) is 2.55. The number of nitrogens with zero attached hydrogens (tertiary/aromatic N) is 2. The molecule has 4 nitrogen and oxygen atoms in total. The van der Waals surface area contributed by atoms with Crippen LogP contribution in [0.3, 0.4) is 0 Å². The number of rotatable bonds is 2. The minimum Gasteiger partial charge on any atom is -0.337 e. The second-order valence-corrected chi connectivity index (χ2v) is 2.47. The lowest BCUT2D eigenvalue weighted by Crippen LogP contribution is -2.11. The molecule has 0 aliphatic rings. The number of aromatic nitrogens is 2. The highest BCUT2D eigenvalue weighted by molar-refractivity contribution is 4.94. The van der Waals surface area contributed by atoms with Gasteiger partial charge in [-0.05, 0) is 6.42 Å². The van der Waals surface area contributed by atoms with Crippen LogP contribution in [0.5, 0.6) is 0 Å². The van der Waals surface area contributed by atoms with Crippen LogP contribution in [-0.2, 0) is 6.18 Å². The molecule has 13 heavy (non-hydrogen) atoms. The van der Waals surface area contributed by atoms with Crippen LogP contribution < -0.4 is 5.73 Å². The maximum atomic E-state index is 11.9. The molecule has 7 heteroatoms. The van der Waals surface area contributed by atoms with Gasteiger partial charge in [-0.15, -0.1) is 0 Å². The highest BCUT2D eigenvalue weighted by Gasteiger charge is 2.37. The van der Waals surface area contributed by atoms with Crippen molar-refractivity contribution < 1.29 is 17.7 Å². The number of hydrogen-bond acceptors (Lipinski definition) is 4. The van der Waals surface area contributed by atoms with E-state index in [1.54, 1.807) is 6.92 Å². The van der Waals surface area contributed by atoms with Gasteiger partial charge in [0.25, 0.3) is 5.82 Å². The van der Waals surface area contributed by atoms with E-state index >= 15 is 0 Å². The van der Waals surface area contributed by atoms with E-state index in [1.807, 2.05) is 0 Å². The van der Waals surface area contributed by atoms with E-state index in [9.17, 15) is 13.2 Å². The Morgan fingerprint density at radius 2 is 2.15 bits per heavy atom.